The number of carbonyl (C=O) groups excluding carboxylic acids is 1. The summed E-state index contributed by atoms with van der Waals surface area (Å²) in [5.41, 5.74) is 1.19. The number of Topliss-reactive ketones (excluding diaryl/α,β-unsaturated/α-hetero) is 1. The van der Waals surface area contributed by atoms with Crippen molar-refractivity contribution in [3.8, 4) is 0 Å². The normalized spacial score (nSPS) is 14.5. The molecular formula is C12H13N2O4+. The van der Waals surface area contributed by atoms with Crippen LogP contribution in [-0.4, -0.2) is 34.8 Å². The van der Waals surface area contributed by atoms with Crippen molar-refractivity contribution in [2.24, 2.45) is 0 Å². The number of hydrogen-bond donors (Lipinski definition) is 0. The fourth-order valence-electron chi connectivity index (χ4n) is 1.83. The number of benzene rings is 1. The van der Waals surface area contributed by atoms with E-state index in [0.717, 1.165) is 12.1 Å². The molecule has 6 heteroatoms. The molecule has 0 amide bonds. The van der Waals surface area contributed by atoms with Crippen molar-refractivity contribution in [1.29, 1.82) is 0 Å². The molecule has 18 heavy (non-hydrogen) atoms. The zero-order valence-corrected chi connectivity index (χ0v) is 9.96. The first-order valence-electron chi connectivity index (χ1n) is 5.57. The Morgan fingerprint density at radius 3 is 2.94 bits per heavy atom. The predicted octanol–water partition coefficient (Wildman–Crippen LogP) is 1.59. The third-order valence-corrected chi connectivity index (χ3v) is 2.86. The molecule has 0 fully saturated rings. The van der Waals surface area contributed by atoms with Gasteiger partial charge >= 0.3 is 0 Å². The molecule has 0 bridgehead atoms. The minimum atomic E-state index is -0.505. The Bertz CT molecular complexity index is 537. The number of carbonyl (C=O) groups is 1. The average molecular weight is 249 g/mol. The molecule has 0 unspecified atom stereocenters. The number of nitro groups is 1. The van der Waals surface area contributed by atoms with Gasteiger partial charge in [-0.25, -0.2) is 0 Å². The van der Waals surface area contributed by atoms with Gasteiger partial charge in [-0.1, -0.05) is 12.1 Å². The molecule has 0 aromatic heterocycles. The quantitative estimate of drug-likeness (QED) is 0.351. The van der Waals surface area contributed by atoms with E-state index in [2.05, 4.69) is 0 Å². The van der Waals surface area contributed by atoms with Crippen LogP contribution >= 0.6 is 0 Å². The molecule has 0 radical (unpaired) electrons. The maximum Gasteiger partial charge on any atom is 0.270 e. The molecule has 0 N–H and O–H groups in total. The Morgan fingerprint density at radius 1 is 1.56 bits per heavy atom. The van der Waals surface area contributed by atoms with E-state index in [1.54, 1.807) is 17.9 Å². The maximum absolute atomic E-state index is 12.0. The summed E-state index contributed by atoms with van der Waals surface area (Å²) in [5, 5.41) is 10.6. The Hall–Kier alpha value is -2.24. The summed E-state index contributed by atoms with van der Waals surface area (Å²) in [4.78, 5) is 27.3. The van der Waals surface area contributed by atoms with Crippen LogP contribution in [0.3, 0.4) is 0 Å². The van der Waals surface area contributed by atoms with E-state index in [1.165, 1.54) is 18.2 Å². The highest BCUT2D eigenvalue weighted by Crippen LogP contribution is 2.15. The topological polar surface area (TPSA) is 72.5 Å². The van der Waals surface area contributed by atoms with Gasteiger partial charge in [-0.3, -0.25) is 19.7 Å². The third-order valence-electron chi connectivity index (χ3n) is 2.86. The van der Waals surface area contributed by atoms with Crippen LogP contribution in [0.15, 0.2) is 24.3 Å². The lowest BCUT2D eigenvalue weighted by atomic mass is 10.0. The van der Waals surface area contributed by atoms with Gasteiger partial charge in [0.1, 0.15) is 0 Å². The number of non-ortho nitro benzene ring substituents is 1. The van der Waals surface area contributed by atoms with Crippen LogP contribution < -0.4 is 0 Å². The van der Waals surface area contributed by atoms with Crippen molar-refractivity contribution in [1.82, 2.24) is 0 Å². The summed E-state index contributed by atoms with van der Waals surface area (Å²) >= 11 is 0. The second-order valence-electron chi connectivity index (χ2n) is 4.05. The van der Waals surface area contributed by atoms with Crippen LogP contribution in [0, 0.1) is 10.1 Å². The minimum Gasteiger partial charge on any atom is -0.294 e. The molecule has 94 valence electrons. The van der Waals surface area contributed by atoms with Crippen LogP contribution in [0.25, 0.3) is 0 Å². The number of ketones is 1. The van der Waals surface area contributed by atoms with Crippen molar-refractivity contribution >= 4 is 17.2 Å². The van der Waals surface area contributed by atoms with Crippen molar-refractivity contribution in [2.45, 2.75) is 12.8 Å². The van der Waals surface area contributed by atoms with Gasteiger partial charge in [-0.15, -0.1) is 0 Å². The van der Waals surface area contributed by atoms with Crippen LogP contribution in [0.4, 0.5) is 5.69 Å². The molecule has 0 aliphatic carbocycles. The van der Waals surface area contributed by atoms with E-state index in [-0.39, 0.29) is 17.9 Å². The summed E-state index contributed by atoms with van der Waals surface area (Å²) in [6.45, 7) is 0.577. The largest absolute Gasteiger partial charge is 0.294 e. The monoisotopic (exact) mass is 249 g/mol. The molecular weight excluding hydrogens is 236 g/mol. The maximum atomic E-state index is 12.0. The predicted molar refractivity (Wildman–Crippen MR) is 63.8 cm³/mol. The SMILES string of the molecule is C[N+]1=C(CC(=O)c2cccc([N+](=O)[O-])c2)CCO1. The zero-order valence-electron chi connectivity index (χ0n) is 9.96. The van der Waals surface area contributed by atoms with Gasteiger partial charge in [0.05, 0.1) is 17.8 Å². The van der Waals surface area contributed by atoms with Gasteiger partial charge in [0.2, 0.25) is 5.71 Å². The summed E-state index contributed by atoms with van der Waals surface area (Å²) in [7, 11) is 1.75. The van der Waals surface area contributed by atoms with Gasteiger partial charge in [-0.2, -0.15) is 0 Å². The second-order valence-corrected chi connectivity index (χ2v) is 4.05. The van der Waals surface area contributed by atoms with Gasteiger partial charge < -0.3 is 0 Å². The van der Waals surface area contributed by atoms with E-state index < -0.39 is 4.92 Å². The van der Waals surface area contributed by atoms with Crippen molar-refractivity contribution in [3.05, 3.63) is 39.9 Å². The number of rotatable bonds is 4. The lowest BCUT2D eigenvalue weighted by Gasteiger charge is -1.98. The Balaban J connectivity index is 2.16. The molecule has 1 aliphatic rings. The van der Waals surface area contributed by atoms with Gasteiger partial charge in [0, 0.05) is 17.7 Å². The van der Waals surface area contributed by atoms with Gasteiger partial charge in [0.15, 0.2) is 19.4 Å². The summed E-state index contributed by atoms with van der Waals surface area (Å²) in [6.07, 6.45) is 0.953. The van der Waals surface area contributed by atoms with E-state index in [1.807, 2.05) is 0 Å². The van der Waals surface area contributed by atoms with Crippen LogP contribution in [-0.2, 0) is 4.84 Å². The van der Waals surface area contributed by atoms with Crippen molar-refractivity contribution in [2.75, 3.05) is 13.7 Å². The van der Waals surface area contributed by atoms with Crippen LogP contribution in [0.5, 0.6) is 0 Å². The molecule has 0 atom stereocenters. The summed E-state index contributed by atoms with van der Waals surface area (Å²) in [6, 6.07) is 5.78. The van der Waals surface area contributed by atoms with E-state index >= 15 is 0 Å². The molecule has 1 aliphatic heterocycles. The van der Waals surface area contributed by atoms with E-state index in [4.69, 9.17) is 4.84 Å². The summed E-state index contributed by atoms with van der Waals surface area (Å²) < 4.78 is 1.59. The van der Waals surface area contributed by atoms with Crippen LogP contribution in [0.2, 0.25) is 0 Å². The number of hydrogen-bond acceptors (Lipinski definition) is 4. The first-order chi connectivity index (χ1) is 8.58. The first-order valence-corrected chi connectivity index (χ1v) is 5.57. The van der Waals surface area contributed by atoms with E-state index in [0.29, 0.717) is 12.2 Å². The molecule has 2 rings (SSSR count). The first kappa shape index (κ1) is 12.2. The second kappa shape index (κ2) is 4.95. The van der Waals surface area contributed by atoms with Gasteiger partial charge in [0.25, 0.3) is 5.69 Å². The fourth-order valence-corrected chi connectivity index (χ4v) is 1.83. The molecule has 1 heterocycles. The highest BCUT2D eigenvalue weighted by atomic mass is 16.7. The van der Waals surface area contributed by atoms with Crippen molar-refractivity contribution < 1.29 is 19.3 Å². The number of hydroxylamine groups is 1. The smallest absolute Gasteiger partial charge is 0.270 e. The lowest BCUT2D eigenvalue weighted by Crippen LogP contribution is -2.14. The molecule has 0 saturated heterocycles. The molecule has 0 saturated carbocycles. The third kappa shape index (κ3) is 2.53. The van der Waals surface area contributed by atoms with Gasteiger partial charge in [-0.05, 0) is 4.74 Å². The Kier molecular flexibility index (Phi) is 3.36. The van der Waals surface area contributed by atoms with Crippen molar-refractivity contribution in [3.63, 3.8) is 0 Å². The zero-order chi connectivity index (χ0) is 13.1. The number of nitrogens with zero attached hydrogens (tertiary/aromatic N) is 2. The highest BCUT2D eigenvalue weighted by molar-refractivity contribution is 6.08. The number of nitro benzene ring substituents is 1. The Morgan fingerprint density at radius 2 is 2.33 bits per heavy atom. The molecule has 1 aromatic carbocycles. The fraction of sp³-hybridized carbons (Fsp3) is 0.333. The molecule has 6 nitrogen and oxygen atoms in total. The Labute approximate surface area is 104 Å². The minimum absolute atomic E-state index is 0.0677. The standard InChI is InChI=1S/C12H13N2O4/c1-13-10(5-6-18-13)8-12(15)9-3-2-4-11(7-9)14(16)17/h2-4,7H,5-6,8H2,1H3/q+1. The highest BCUT2D eigenvalue weighted by Gasteiger charge is 2.25. The average Bonchev–Trinajstić information content (AvgIpc) is 2.75. The van der Waals surface area contributed by atoms with Crippen LogP contribution in [0.1, 0.15) is 23.2 Å². The molecule has 1 aromatic rings. The van der Waals surface area contributed by atoms with E-state index in [9.17, 15) is 14.9 Å². The lowest BCUT2D eigenvalue weighted by molar-refractivity contribution is -0.758. The molecule has 0 spiro atoms. The summed E-state index contributed by atoms with van der Waals surface area (Å²) in [5.74, 6) is -0.133.